The molecule has 5 nitrogen and oxygen atoms in total. The standard InChI is InChI=1S/C17H24N2O3/c1-3-4-5-6-7-8-16(20)18-13-9-10-15-14(11-13)19-17(21)12(2)22-15/h9-12H,3-8H2,1-2H3,(H,18,20)(H,19,21). The van der Waals surface area contributed by atoms with Crippen LogP contribution in [0.4, 0.5) is 11.4 Å². The molecule has 0 aliphatic carbocycles. The summed E-state index contributed by atoms with van der Waals surface area (Å²) in [5.41, 5.74) is 1.28. The summed E-state index contributed by atoms with van der Waals surface area (Å²) in [7, 11) is 0. The average Bonchev–Trinajstić information content (AvgIpc) is 2.48. The van der Waals surface area contributed by atoms with E-state index in [1.54, 1.807) is 25.1 Å². The molecule has 2 N–H and O–H groups in total. The number of unbranched alkanes of at least 4 members (excludes halogenated alkanes) is 4. The lowest BCUT2D eigenvalue weighted by molar-refractivity contribution is -0.122. The predicted molar refractivity (Wildman–Crippen MR) is 87.2 cm³/mol. The van der Waals surface area contributed by atoms with Crippen LogP contribution in [0.15, 0.2) is 18.2 Å². The molecule has 0 aromatic heterocycles. The van der Waals surface area contributed by atoms with Crippen LogP contribution in [0, 0.1) is 0 Å². The first-order valence-electron chi connectivity index (χ1n) is 8.01. The summed E-state index contributed by atoms with van der Waals surface area (Å²) >= 11 is 0. The van der Waals surface area contributed by atoms with Crippen LogP contribution in [0.1, 0.15) is 52.4 Å². The fourth-order valence-electron chi connectivity index (χ4n) is 2.40. The van der Waals surface area contributed by atoms with Gasteiger partial charge in [-0.2, -0.15) is 0 Å². The average molecular weight is 304 g/mol. The second-order valence-electron chi connectivity index (χ2n) is 5.67. The number of nitrogens with one attached hydrogen (secondary N) is 2. The highest BCUT2D eigenvalue weighted by Crippen LogP contribution is 2.32. The lowest BCUT2D eigenvalue weighted by Crippen LogP contribution is -2.34. The Labute approximate surface area is 131 Å². The van der Waals surface area contributed by atoms with Gasteiger partial charge in [0.15, 0.2) is 6.10 Å². The summed E-state index contributed by atoms with van der Waals surface area (Å²) in [4.78, 5) is 23.5. The molecule has 1 aliphatic heterocycles. The molecule has 1 atom stereocenters. The van der Waals surface area contributed by atoms with Crippen molar-refractivity contribution >= 4 is 23.2 Å². The molecular weight excluding hydrogens is 280 g/mol. The maximum atomic E-state index is 11.9. The highest BCUT2D eigenvalue weighted by molar-refractivity contribution is 5.99. The van der Waals surface area contributed by atoms with Crippen molar-refractivity contribution < 1.29 is 14.3 Å². The summed E-state index contributed by atoms with van der Waals surface area (Å²) in [6, 6.07) is 5.29. The zero-order chi connectivity index (χ0) is 15.9. The van der Waals surface area contributed by atoms with Gasteiger partial charge in [0.2, 0.25) is 5.91 Å². The summed E-state index contributed by atoms with van der Waals surface area (Å²) in [5.74, 6) is 0.462. The quantitative estimate of drug-likeness (QED) is 0.755. The van der Waals surface area contributed by atoms with Crippen LogP contribution in [-0.2, 0) is 9.59 Å². The molecule has 0 spiro atoms. The third-order valence-corrected chi connectivity index (χ3v) is 3.70. The number of anilines is 2. The topological polar surface area (TPSA) is 67.4 Å². The molecule has 5 heteroatoms. The SMILES string of the molecule is CCCCCCCC(=O)Nc1ccc2c(c1)NC(=O)C(C)O2. The van der Waals surface area contributed by atoms with Crippen LogP contribution in [-0.4, -0.2) is 17.9 Å². The number of fused-ring (bicyclic) bond motifs is 1. The molecule has 1 aromatic rings. The minimum atomic E-state index is -0.490. The Morgan fingerprint density at radius 3 is 2.82 bits per heavy atom. The zero-order valence-electron chi connectivity index (χ0n) is 13.3. The van der Waals surface area contributed by atoms with E-state index in [1.807, 2.05) is 0 Å². The van der Waals surface area contributed by atoms with Gasteiger partial charge in [0, 0.05) is 12.1 Å². The van der Waals surface area contributed by atoms with E-state index >= 15 is 0 Å². The molecule has 0 saturated heterocycles. The Hall–Kier alpha value is -2.04. The summed E-state index contributed by atoms with van der Waals surface area (Å²) in [6.45, 7) is 3.87. The zero-order valence-corrected chi connectivity index (χ0v) is 13.3. The van der Waals surface area contributed by atoms with Gasteiger partial charge in [-0.3, -0.25) is 9.59 Å². The summed E-state index contributed by atoms with van der Waals surface area (Å²) in [5, 5.41) is 5.64. The van der Waals surface area contributed by atoms with Gasteiger partial charge < -0.3 is 15.4 Å². The predicted octanol–water partition coefficient (Wildman–Crippen LogP) is 3.71. The van der Waals surface area contributed by atoms with Crippen molar-refractivity contribution in [1.82, 2.24) is 0 Å². The molecule has 0 radical (unpaired) electrons. The van der Waals surface area contributed by atoms with Crippen molar-refractivity contribution in [2.45, 2.75) is 58.5 Å². The Morgan fingerprint density at radius 2 is 2.05 bits per heavy atom. The van der Waals surface area contributed by atoms with Crippen LogP contribution < -0.4 is 15.4 Å². The fourth-order valence-corrected chi connectivity index (χ4v) is 2.40. The van der Waals surface area contributed by atoms with E-state index in [1.165, 1.54) is 19.3 Å². The summed E-state index contributed by atoms with van der Waals surface area (Å²) < 4.78 is 5.48. The van der Waals surface area contributed by atoms with Gasteiger partial charge in [0.25, 0.3) is 5.91 Å². The maximum absolute atomic E-state index is 11.9. The largest absolute Gasteiger partial charge is 0.479 e. The number of carbonyl (C=O) groups is 2. The number of amides is 2. The Morgan fingerprint density at radius 1 is 1.27 bits per heavy atom. The van der Waals surface area contributed by atoms with Crippen LogP contribution in [0.3, 0.4) is 0 Å². The Kier molecular flexibility index (Phi) is 5.81. The number of ether oxygens (including phenoxy) is 1. The van der Waals surface area contributed by atoms with Gasteiger partial charge in [-0.15, -0.1) is 0 Å². The van der Waals surface area contributed by atoms with E-state index in [0.717, 1.165) is 12.8 Å². The third kappa shape index (κ3) is 4.48. The molecule has 0 fully saturated rings. The van der Waals surface area contributed by atoms with E-state index in [4.69, 9.17) is 4.74 Å². The molecule has 120 valence electrons. The first-order valence-corrected chi connectivity index (χ1v) is 8.01. The second kappa shape index (κ2) is 7.82. The Balaban J connectivity index is 1.85. The number of carbonyl (C=O) groups excluding carboxylic acids is 2. The van der Waals surface area contributed by atoms with Gasteiger partial charge in [-0.05, 0) is 31.5 Å². The monoisotopic (exact) mass is 304 g/mol. The minimum Gasteiger partial charge on any atom is -0.479 e. The van der Waals surface area contributed by atoms with Gasteiger partial charge in [-0.25, -0.2) is 0 Å². The molecule has 1 unspecified atom stereocenters. The van der Waals surface area contributed by atoms with Crippen LogP contribution >= 0.6 is 0 Å². The maximum Gasteiger partial charge on any atom is 0.265 e. The third-order valence-electron chi connectivity index (χ3n) is 3.70. The molecule has 2 amide bonds. The number of hydrogen-bond acceptors (Lipinski definition) is 3. The molecule has 1 aromatic carbocycles. The van der Waals surface area contributed by atoms with Crippen molar-refractivity contribution in [3.63, 3.8) is 0 Å². The number of benzene rings is 1. The van der Waals surface area contributed by atoms with Crippen LogP contribution in [0.2, 0.25) is 0 Å². The van der Waals surface area contributed by atoms with E-state index in [9.17, 15) is 9.59 Å². The highest BCUT2D eigenvalue weighted by atomic mass is 16.5. The fraction of sp³-hybridized carbons (Fsp3) is 0.529. The molecular formula is C17H24N2O3. The van der Waals surface area contributed by atoms with Gasteiger partial charge in [0.05, 0.1) is 5.69 Å². The summed E-state index contributed by atoms with van der Waals surface area (Å²) in [6.07, 6.45) is 5.65. The molecule has 1 heterocycles. The smallest absolute Gasteiger partial charge is 0.265 e. The van der Waals surface area contributed by atoms with Crippen molar-refractivity contribution in [3.8, 4) is 5.75 Å². The van der Waals surface area contributed by atoms with Crippen LogP contribution in [0.25, 0.3) is 0 Å². The van der Waals surface area contributed by atoms with Gasteiger partial charge >= 0.3 is 0 Å². The van der Waals surface area contributed by atoms with Crippen molar-refractivity contribution in [2.75, 3.05) is 10.6 Å². The van der Waals surface area contributed by atoms with E-state index < -0.39 is 6.10 Å². The lowest BCUT2D eigenvalue weighted by atomic mass is 10.1. The van der Waals surface area contributed by atoms with Crippen molar-refractivity contribution in [2.24, 2.45) is 0 Å². The van der Waals surface area contributed by atoms with Crippen molar-refractivity contribution in [1.29, 1.82) is 0 Å². The highest BCUT2D eigenvalue weighted by Gasteiger charge is 2.23. The normalized spacial score (nSPS) is 16.5. The minimum absolute atomic E-state index is 0.00729. The molecule has 0 bridgehead atoms. The van der Waals surface area contributed by atoms with Crippen LogP contribution in [0.5, 0.6) is 5.75 Å². The first kappa shape index (κ1) is 16.3. The number of hydrogen-bond donors (Lipinski definition) is 2. The molecule has 1 aliphatic rings. The molecule has 0 saturated carbocycles. The Bertz CT molecular complexity index is 543. The van der Waals surface area contributed by atoms with E-state index in [2.05, 4.69) is 17.6 Å². The van der Waals surface area contributed by atoms with Crippen molar-refractivity contribution in [3.05, 3.63) is 18.2 Å². The molecule has 22 heavy (non-hydrogen) atoms. The van der Waals surface area contributed by atoms with E-state index in [0.29, 0.717) is 23.5 Å². The van der Waals surface area contributed by atoms with Gasteiger partial charge in [-0.1, -0.05) is 32.6 Å². The van der Waals surface area contributed by atoms with Gasteiger partial charge in [0.1, 0.15) is 5.75 Å². The molecule has 2 rings (SSSR count). The van der Waals surface area contributed by atoms with E-state index in [-0.39, 0.29) is 11.8 Å². The second-order valence-corrected chi connectivity index (χ2v) is 5.67. The number of rotatable bonds is 7. The lowest BCUT2D eigenvalue weighted by Gasteiger charge is -2.23. The first-order chi connectivity index (χ1) is 10.6.